The van der Waals surface area contributed by atoms with E-state index < -0.39 is 17.4 Å². The Balaban J connectivity index is 1.74. The van der Waals surface area contributed by atoms with Gasteiger partial charge in [-0.1, -0.05) is 48.6 Å². The lowest BCUT2D eigenvalue weighted by atomic mass is 10.1. The predicted molar refractivity (Wildman–Crippen MR) is 118 cm³/mol. The molecule has 0 saturated carbocycles. The Morgan fingerprint density at radius 1 is 1.19 bits per heavy atom. The van der Waals surface area contributed by atoms with Gasteiger partial charge in [-0.25, -0.2) is 9.78 Å². The molecule has 4 aromatic rings. The third kappa shape index (κ3) is 4.37. The molecule has 0 radical (unpaired) electrons. The van der Waals surface area contributed by atoms with Gasteiger partial charge in [-0.15, -0.1) is 21.5 Å². The highest BCUT2D eigenvalue weighted by molar-refractivity contribution is 7.17. The number of fused-ring (bicyclic) bond motifs is 1. The molecule has 0 aliphatic heterocycles. The van der Waals surface area contributed by atoms with Gasteiger partial charge in [0.2, 0.25) is 11.0 Å². The number of amides is 1. The number of carboxylic acids is 1. The monoisotopic (exact) mass is 455 g/mol. The van der Waals surface area contributed by atoms with E-state index in [0.29, 0.717) is 28.6 Å². The summed E-state index contributed by atoms with van der Waals surface area (Å²) in [5, 5.41) is 22.5. The first-order valence-corrected chi connectivity index (χ1v) is 11.1. The van der Waals surface area contributed by atoms with Crippen LogP contribution in [-0.4, -0.2) is 36.7 Å². The second-order valence-corrected chi connectivity index (χ2v) is 8.54. The van der Waals surface area contributed by atoms with E-state index >= 15 is 0 Å². The van der Waals surface area contributed by atoms with Crippen molar-refractivity contribution in [1.29, 1.82) is 0 Å². The number of nitrogens with one attached hydrogen (secondary N) is 1. The lowest BCUT2D eigenvalue weighted by molar-refractivity contribution is -0.116. The topological polar surface area (TPSA) is 127 Å². The molecule has 1 amide bonds. The van der Waals surface area contributed by atoms with Crippen molar-refractivity contribution in [2.75, 3.05) is 5.32 Å². The SMILES string of the molecule is CCc1nnc(NC(=O)Cn2c(Cc3ccccc3)nc3scc(C(=O)O)c3c2=O)s1. The molecule has 3 aromatic heterocycles. The molecule has 0 unspecified atom stereocenters. The zero-order chi connectivity index (χ0) is 22.0. The minimum Gasteiger partial charge on any atom is -0.478 e. The summed E-state index contributed by atoms with van der Waals surface area (Å²) in [6, 6.07) is 9.41. The number of aryl methyl sites for hydroxylation is 1. The maximum absolute atomic E-state index is 13.2. The Morgan fingerprint density at radius 3 is 2.65 bits per heavy atom. The first-order chi connectivity index (χ1) is 15.0. The fraction of sp³-hybridized carbons (Fsp3) is 0.200. The summed E-state index contributed by atoms with van der Waals surface area (Å²) >= 11 is 2.35. The summed E-state index contributed by atoms with van der Waals surface area (Å²) < 4.78 is 1.23. The minimum atomic E-state index is -1.21. The summed E-state index contributed by atoms with van der Waals surface area (Å²) in [7, 11) is 0. The van der Waals surface area contributed by atoms with Crippen LogP contribution in [0.25, 0.3) is 10.2 Å². The van der Waals surface area contributed by atoms with E-state index in [1.807, 2.05) is 37.3 Å². The largest absolute Gasteiger partial charge is 0.478 e. The molecular formula is C20H17N5O4S2. The Hall–Kier alpha value is -3.44. The number of benzene rings is 1. The zero-order valence-electron chi connectivity index (χ0n) is 16.4. The molecule has 0 bridgehead atoms. The van der Waals surface area contributed by atoms with Crippen LogP contribution in [0.2, 0.25) is 0 Å². The molecule has 0 saturated heterocycles. The van der Waals surface area contributed by atoms with Crippen molar-refractivity contribution in [2.45, 2.75) is 26.3 Å². The van der Waals surface area contributed by atoms with Gasteiger partial charge in [0.15, 0.2) is 0 Å². The third-order valence-corrected chi connectivity index (χ3v) is 6.38. The molecule has 2 N–H and O–H groups in total. The Kier molecular flexibility index (Phi) is 5.87. The van der Waals surface area contributed by atoms with Gasteiger partial charge in [0.25, 0.3) is 5.56 Å². The van der Waals surface area contributed by atoms with Gasteiger partial charge < -0.3 is 5.11 Å². The van der Waals surface area contributed by atoms with E-state index in [2.05, 4.69) is 20.5 Å². The number of rotatable bonds is 7. The highest BCUT2D eigenvalue weighted by atomic mass is 32.1. The maximum Gasteiger partial charge on any atom is 0.337 e. The summed E-state index contributed by atoms with van der Waals surface area (Å²) in [6.45, 7) is 1.61. The number of hydrogen-bond acceptors (Lipinski definition) is 8. The molecule has 3 heterocycles. The van der Waals surface area contributed by atoms with E-state index in [-0.39, 0.29) is 17.5 Å². The van der Waals surface area contributed by atoms with Crippen LogP contribution in [0.1, 0.15) is 33.7 Å². The molecule has 11 heteroatoms. The average Bonchev–Trinajstić information content (AvgIpc) is 3.38. The van der Waals surface area contributed by atoms with Crippen LogP contribution in [0.3, 0.4) is 0 Å². The van der Waals surface area contributed by atoms with Crippen LogP contribution in [0.4, 0.5) is 5.13 Å². The van der Waals surface area contributed by atoms with Gasteiger partial charge in [0.1, 0.15) is 22.2 Å². The number of anilines is 1. The van der Waals surface area contributed by atoms with Crippen molar-refractivity contribution in [3.8, 4) is 0 Å². The standard InChI is InChI=1S/C20H17N5O4S2/c1-2-15-23-24-20(31-15)22-14(26)9-25-13(8-11-6-4-3-5-7-11)21-17-16(18(25)27)12(10-30-17)19(28)29/h3-7,10H,2,8-9H2,1H3,(H,28,29)(H,22,24,26). The van der Waals surface area contributed by atoms with E-state index in [4.69, 9.17) is 0 Å². The van der Waals surface area contributed by atoms with Gasteiger partial charge >= 0.3 is 5.97 Å². The van der Waals surface area contributed by atoms with E-state index in [1.165, 1.54) is 21.3 Å². The van der Waals surface area contributed by atoms with Crippen molar-refractivity contribution in [3.63, 3.8) is 0 Å². The Morgan fingerprint density at radius 2 is 1.97 bits per heavy atom. The number of aromatic carboxylic acids is 1. The summed E-state index contributed by atoms with van der Waals surface area (Å²) in [5.74, 6) is -1.30. The molecule has 0 atom stereocenters. The smallest absolute Gasteiger partial charge is 0.337 e. The van der Waals surface area contributed by atoms with Crippen LogP contribution in [0.15, 0.2) is 40.5 Å². The fourth-order valence-corrected chi connectivity index (χ4v) is 4.67. The second kappa shape index (κ2) is 8.74. The second-order valence-electron chi connectivity index (χ2n) is 6.62. The maximum atomic E-state index is 13.2. The lowest BCUT2D eigenvalue weighted by Crippen LogP contribution is -2.31. The predicted octanol–water partition coefficient (Wildman–Crippen LogP) is 2.80. The van der Waals surface area contributed by atoms with Crippen LogP contribution in [-0.2, 0) is 24.2 Å². The van der Waals surface area contributed by atoms with E-state index in [9.17, 15) is 19.5 Å². The van der Waals surface area contributed by atoms with Crippen LogP contribution in [0.5, 0.6) is 0 Å². The Labute approximate surface area is 184 Å². The quantitative estimate of drug-likeness (QED) is 0.439. The summed E-state index contributed by atoms with van der Waals surface area (Å²) in [6.07, 6.45) is 1.02. The van der Waals surface area contributed by atoms with Crippen molar-refractivity contribution in [2.24, 2.45) is 0 Å². The fourth-order valence-electron chi connectivity index (χ4n) is 3.05. The van der Waals surface area contributed by atoms with Gasteiger partial charge in [-0.2, -0.15) is 0 Å². The summed E-state index contributed by atoms with van der Waals surface area (Å²) in [4.78, 5) is 42.3. The molecule has 0 aliphatic rings. The van der Waals surface area contributed by atoms with E-state index in [1.54, 1.807) is 0 Å². The van der Waals surface area contributed by atoms with Crippen molar-refractivity contribution >= 4 is 49.9 Å². The molecule has 0 aliphatic carbocycles. The molecule has 9 nitrogen and oxygen atoms in total. The van der Waals surface area contributed by atoms with Crippen LogP contribution >= 0.6 is 22.7 Å². The first kappa shape index (κ1) is 20.8. The molecule has 0 spiro atoms. The number of nitrogens with zero attached hydrogens (tertiary/aromatic N) is 4. The number of aromatic nitrogens is 4. The molecule has 1 aromatic carbocycles. The molecule has 158 valence electrons. The zero-order valence-corrected chi connectivity index (χ0v) is 18.0. The highest BCUT2D eigenvalue weighted by Gasteiger charge is 2.21. The number of carboxylic acid groups (broad SMARTS) is 1. The van der Waals surface area contributed by atoms with Crippen LogP contribution in [0, 0.1) is 0 Å². The third-order valence-electron chi connectivity index (χ3n) is 4.53. The number of hydrogen-bond donors (Lipinski definition) is 2. The van der Waals surface area contributed by atoms with Crippen LogP contribution < -0.4 is 10.9 Å². The normalized spacial score (nSPS) is 11.0. The number of carbonyl (C=O) groups excluding carboxylic acids is 1. The van der Waals surface area contributed by atoms with Gasteiger partial charge in [0.05, 0.1) is 10.9 Å². The highest BCUT2D eigenvalue weighted by Crippen LogP contribution is 2.23. The number of thiophene rings is 1. The van der Waals surface area contributed by atoms with Gasteiger partial charge in [-0.05, 0) is 12.0 Å². The molecule has 31 heavy (non-hydrogen) atoms. The average molecular weight is 456 g/mol. The Bertz CT molecular complexity index is 1330. The molecule has 4 rings (SSSR count). The van der Waals surface area contributed by atoms with Crippen molar-refractivity contribution in [3.05, 3.63) is 68.0 Å². The van der Waals surface area contributed by atoms with Gasteiger partial charge in [-0.3, -0.25) is 19.5 Å². The van der Waals surface area contributed by atoms with Crippen molar-refractivity contribution < 1.29 is 14.7 Å². The van der Waals surface area contributed by atoms with Gasteiger partial charge in [0, 0.05) is 11.8 Å². The lowest BCUT2D eigenvalue weighted by Gasteiger charge is -2.12. The first-order valence-electron chi connectivity index (χ1n) is 9.36. The molecule has 0 fully saturated rings. The number of carbonyl (C=O) groups is 2. The summed E-state index contributed by atoms with van der Waals surface area (Å²) in [5.41, 5.74) is 0.237. The minimum absolute atomic E-state index is 0.00583. The van der Waals surface area contributed by atoms with Crippen molar-refractivity contribution in [1.82, 2.24) is 19.7 Å². The van der Waals surface area contributed by atoms with E-state index in [0.717, 1.165) is 21.9 Å². The molecular weight excluding hydrogens is 438 g/mol.